The maximum Gasteiger partial charge on any atom is 0.326 e. The van der Waals surface area contributed by atoms with Crippen molar-refractivity contribution in [2.75, 3.05) is 13.2 Å². The highest BCUT2D eigenvalue weighted by Crippen LogP contribution is 2.29. The molecule has 1 aromatic carbocycles. The lowest BCUT2D eigenvalue weighted by Crippen LogP contribution is -2.27. The summed E-state index contributed by atoms with van der Waals surface area (Å²) in [6.07, 6.45) is 1.76. The summed E-state index contributed by atoms with van der Waals surface area (Å²) in [4.78, 5) is 20.1. The van der Waals surface area contributed by atoms with Crippen molar-refractivity contribution in [2.24, 2.45) is 0 Å². The van der Waals surface area contributed by atoms with Crippen LogP contribution in [0.2, 0.25) is 0 Å². The van der Waals surface area contributed by atoms with Gasteiger partial charge in [0, 0.05) is 24.6 Å². The Bertz CT molecular complexity index is 872. The molecule has 0 unspecified atom stereocenters. The molecule has 1 aliphatic rings. The highest BCUT2D eigenvalue weighted by Gasteiger charge is 2.22. The van der Waals surface area contributed by atoms with E-state index in [0.29, 0.717) is 13.2 Å². The molecular formula is C16H17N3O2. The number of aromatic nitrogens is 3. The van der Waals surface area contributed by atoms with Gasteiger partial charge in [0.2, 0.25) is 0 Å². The van der Waals surface area contributed by atoms with Crippen molar-refractivity contribution in [3.05, 3.63) is 40.4 Å². The number of para-hydroxylation sites is 1. The molecule has 0 spiro atoms. The van der Waals surface area contributed by atoms with E-state index in [1.165, 1.54) is 0 Å². The molecule has 0 bridgehead atoms. The zero-order chi connectivity index (χ0) is 14.4. The smallest absolute Gasteiger partial charge is 0.326 e. The van der Waals surface area contributed by atoms with Gasteiger partial charge in [-0.3, -0.25) is 9.55 Å². The molecular weight excluding hydrogens is 266 g/mol. The zero-order valence-corrected chi connectivity index (χ0v) is 11.9. The molecule has 1 aliphatic heterocycles. The molecule has 0 saturated carbocycles. The second-order valence-electron chi connectivity index (χ2n) is 5.58. The molecule has 0 aliphatic carbocycles. The number of nitrogens with one attached hydrogen (secondary N) is 1. The molecule has 0 amide bonds. The lowest BCUT2D eigenvalue weighted by molar-refractivity contribution is 0.0698. The van der Waals surface area contributed by atoms with Gasteiger partial charge in [0.1, 0.15) is 0 Å². The molecule has 1 fully saturated rings. The fourth-order valence-corrected chi connectivity index (χ4v) is 3.27. The standard InChI is InChI=1S/C16H17N3O2/c1-10-14-15(12-4-2-3-5-13(12)17-10)19(16(20)18-14)11-6-8-21-9-7-11/h2-5,11H,6-9H2,1H3,(H,18,20). The van der Waals surface area contributed by atoms with Crippen LogP contribution in [-0.4, -0.2) is 27.7 Å². The fourth-order valence-electron chi connectivity index (χ4n) is 3.27. The molecule has 3 aromatic rings. The summed E-state index contributed by atoms with van der Waals surface area (Å²) in [5, 5.41) is 1.03. The predicted octanol–water partition coefficient (Wildman–Crippen LogP) is 2.54. The molecule has 0 atom stereocenters. The number of aromatic amines is 1. The van der Waals surface area contributed by atoms with Crippen LogP contribution in [0.15, 0.2) is 29.1 Å². The highest BCUT2D eigenvalue weighted by molar-refractivity contribution is 6.03. The van der Waals surface area contributed by atoms with Crippen LogP contribution in [0.5, 0.6) is 0 Å². The van der Waals surface area contributed by atoms with E-state index in [4.69, 9.17) is 4.74 Å². The van der Waals surface area contributed by atoms with E-state index < -0.39 is 0 Å². The molecule has 1 N–H and O–H groups in total. The highest BCUT2D eigenvalue weighted by atomic mass is 16.5. The van der Waals surface area contributed by atoms with Crippen molar-refractivity contribution in [1.29, 1.82) is 0 Å². The Hall–Kier alpha value is -2.14. The Morgan fingerprint density at radius 3 is 2.86 bits per heavy atom. The molecule has 1 saturated heterocycles. The van der Waals surface area contributed by atoms with E-state index in [0.717, 1.165) is 40.5 Å². The Morgan fingerprint density at radius 2 is 2.05 bits per heavy atom. The lowest BCUT2D eigenvalue weighted by Gasteiger charge is -2.23. The van der Waals surface area contributed by atoms with Crippen LogP contribution in [0, 0.1) is 6.92 Å². The third kappa shape index (κ3) is 1.88. The van der Waals surface area contributed by atoms with Crippen molar-refractivity contribution < 1.29 is 4.74 Å². The Balaban J connectivity index is 2.10. The summed E-state index contributed by atoms with van der Waals surface area (Å²) < 4.78 is 7.33. The quantitative estimate of drug-likeness (QED) is 0.746. The average Bonchev–Trinajstić information content (AvgIpc) is 2.86. The summed E-state index contributed by atoms with van der Waals surface area (Å²) in [5.41, 5.74) is 3.59. The Morgan fingerprint density at radius 1 is 1.29 bits per heavy atom. The first-order valence-electron chi connectivity index (χ1n) is 7.33. The predicted molar refractivity (Wildman–Crippen MR) is 81.7 cm³/mol. The van der Waals surface area contributed by atoms with Gasteiger partial charge < -0.3 is 9.72 Å². The molecule has 2 aromatic heterocycles. The van der Waals surface area contributed by atoms with Crippen LogP contribution in [-0.2, 0) is 4.74 Å². The summed E-state index contributed by atoms with van der Waals surface area (Å²) in [6, 6.07) is 8.19. The minimum Gasteiger partial charge on any atom is -0.381 e. The van der Waals surface area contributed by atoms with Gasteiger partial charge in [-0.1, -0.05) is 18.2 Å². The normalized spacial score (nSPS) is 16.8. The van der Waals surface area contributed by atoms with E-state index in [2.05, 4.69) is 9.97 Å². The maximum atomic E-state index is 12.5. The SMILES string of the molecule is Cc1nc2ccccc2c2c1[nH]c(=O)n2C1CCOCC1. The number of rotatable bonds is 1. The van der Waals surface area contributed by atoms with Gasteiger partial charge >= 0.3 is 5.69 Å². The maximum absolute atomic E-state index is 12.5. The van der Waals surface area contributed by atoms with Crippen molar-refractivity contribution in [3.63, 3.8) is 0 Å². The minimum atomic E-state index is -0.0434. The van der Waals surface area contributed by atoms with E-state index >= 15 is 0 Å². The van der Waals surface area contributed by atoms with Crippen LogP contribution in [0.4, 0.5) is 0 Å². The number of nitrogens with zero attached hydrogens (tertiary/aromatic N) is 2. The van der Waals surface area contributed by atoms with Crippen molar-refractivity contribution in [3.8, 4) is 0 Å². The summed E-state index contributed by atoms with van der Waals surface area (Å²) in [7, 11) is 0. The van der Waals surface area contributed by atoms with Crippen LogP contribution >= 0.6 is 0 Å². The number of aryl methyl sites for hydroxylation is 1. The first-order chi connectivity index (χ1) is 10.3. The van der Waals surface area contributed by atoms with E-state index in [9.17, 15) is 4.79 Å². The van der Waals surface area contributed by atoms with Crippen LogP contribution in [0.1, 0.15) is 24.6 Å². The topological polar surface area (TPSA) is 59.9 Å². The van der Waals surface area contributed by atoms with Crippen molar-refractivity contribution in [1.82, 2.24) is 14.5 Å². The summed E-state index contributed by atoms with van der Waals surface area (Å²) in [5.74, 6) is 0. The van der Waals surface area contributed by atoms with Gasteiger partial charge in [0.25, 0.3) is 0 Å². The van der Waals surface area contributed by atoms with E-state index in [1.54, 1.807) is 0 Å². The number of ether oxygens (including phenoxy) is 1. The number of hydrogen-bond acceptors (Lipinski definition) is 3. The molecule has 4 rings (SSSR count). The first-order valence-corrected chi connectivity index (χ1v) is 7.33. The number of benzene rings is 1. The fraction of sp³-hybridized carbons (Fsp3) is 0.375. The molecule has 5 heteroatoms. The van der Waals surface area contributed by atoms with Gasteiger partial charge in [0.05, 0.1) is 22.2 Å². The van der Waals surface area contributed by atoms with Crippen molar-refractivity contribution in [2.45, 2.75) is 25.8 Å². The average molecular weight is 283 g/mol. The van der Waals surface area contributed by atoms with Gasteiger partial charge in [-0.25, -0.2) is 4.79 Å². The van der Waals surface area contributed by atoms with Crippen LogP contribution < -0.4 is 5.69 Å². The summed E-state index contributed by atoms with van der Waals surface area (Å²) >= 11 is 0. The number of pyridine rings is 1. The Kier molecular flexibility index (Phi) is 2.82. The second-order valence-corrected chi connectivity index (χ2v) is 5.58. The molecule has 3 heterocycles. The zero-order valence-electron chi connectivity index (χ0n) is 11.9. The monoisotopic (exact) mass is 283 g/mol. The number of H-pyrrole nitrogens is 1. The van der Waals surface area contributed by atoms with Crippen molar-refractivity contribution >= 4 is 21.9 Å². The molecule has 5 nitrogen and oxygen atoms in total. The Labute approximate surface area is 121 Å². The molecule has 0 radical (unpaired) electrons. The lowest BCUT2D eigenvalue weighted by atomic mass is 10.1. The van der Waals surface area contributed by atoms with Crippen LogP contribution in [0.3, 0.4) is 0 Å². The summed E-state index contributed by atoms with van der Waals surface area (Å²) in [6.45, 7) is 3.37. The van der Waals surface area contributed by atoms with Crippen LogP contribution in [0.25, 0.3) is 21.9 Å². The first kappa shape index (κ1) is 12.6. The minimum absolute atomic E-state index is 0.0434. The van der Waals surface area contributed by atoms with Gasteiger partial charge in [-0.15, -0.1) is 0 Å². The van der Waals surface area contributed by atoms with E-state index in [1.807, 2.05) is 35.8 Å². The third-order valence-electron chi connectivity index (χ3n) is 4.29. The third-order valence-corrected chi connectivity index (χ3v) is 4.29. The number of fused-ring (bicyclic) bond motifs is 3. The second kappa shape index (κ2) is 4.70. The van der Waals surface area contributed by atoms with E-state index in [-0.39, 0.29) is 11.7 Å². The van der Waals surface area contributed by atoms with Gasteiger partial charge in [-0.05, 0) is 25.8 Å². The number of hydrogen-bond donors (Lipinski definition) is 1. The van der Waals surface area contributed by atoms with Gasteiger partial charge in [0.15, 0.2) is 0 Å². The van der Waals surface area contributed by atoms with Gasteiger partial charge in [-0.2, -0.15) is 0 Å². The molecule has 108 valence electrons. The molecule has 21 heavy (non-hydrogen) atoms. The number of imidazole rings is 1. The largest absolute Gasteiger partial charge is 0.381 e.